The fraction of sp³-hybridized carbons (Fsp3) is 0.516. The maximum absolute atomic E-state index is 14.8. The fourth-order valence-corrected chi connectivity index (χ4v) is 4.68. The van der Waals surface area contributed by atoms with Crippen LogP contribution in [-0.4, -0.2) is 58.1 Å². The second-order valence-electron chi connectivity index (χ2n) is 9.73. The first-order chi connectivity index (χ1) is 18.4. The van der Waals surface area contributed by atoms with Crippen LogP contribution in [0.4, 0.5) is 10.3 Å². The number of hydrogen-bond acceptors (Lipinski definition) is 6. The summed E-state index contributed by atoms with van der Waals surface area (Å²) in [4.78, 5) is 9.04. The molecule has 0 saturated carbocycles. The molecule has 1 fully saturated rings. The maximum Gasteiger partial charge on any atom is 0.222 e. The number of aryl methyl sites for hydroxylation is 1. The highest BCUT2D eigenvalue weighted by Crippen LogP contribution is 2.28. The van der Waals surface area contributed by atoms with Gasteiger partial charge in [0, 0.05) is 42.8 Å². The third-order valence-corrected chi connectivity index (χ3v) is 7.16. The molecule has 3 aromatic heterocycles. The Hall–Kier alpha value is -3.10. The molecule has 0 spiro atoms. The lowest BCUT2D eigenvalue weighted by Gasteiger charge is -2.23. The molecule has 1 atom stereocenters. The fourth-order valence-electron chi connectivity index (χ4n) is 4.68. The van der Waals surface area contributed by atoms with Crippen molar-refractivity contribution in [2.45, 2.75) is 78.9 Å². The van der Waals surface area contributed by atoms with E-state index in [4.69, 9.17) is 4.74 Å². The number of nitrogens with zero attached hydrogens (tertiary/aromatic N) is 4. The third kappa shape index (κ3) is 8.44. The van der Waals surface area contributed by atoms with Crippen LogP contribution < -0.4 is 10.6 Å². The van der Waals surface area contributed by atoms with E-state index < -0.39 is 5.67 Å². The van der Waals surface area contributed by atoms with E-state index in [1.807, 2.05) is 51.5 Å². The average Bonchev–Trinajstić information content (AvgIpc) is 3.37. The van der Waals surface area contributed by atoms with E-state index in [2.05, 4.69) is 44.4 Å². The van der Waals surface area contributed by atoms with E-state index in [1.54, 1.807) is 18.5 Å². The molecule has 0 radical (unpaired) electrons. The van der Waals surface area contributed by atoms with Crippen LogP contribution in [0.2, 0.25) is 0 Å². The number of halogens is 1. The van der Waals surface area contributed by atoms with Gasteiger partial charge in [-0.2, -0.15) is 5.10 Å². The summed E-state index contributed by atoms with van der Waals surface area (Å²) in [6, 6.07) is 4.83. The van der Waals surface area contributed by atoms with Gasteiger partial charge in [-0.15, -0.1) is 0 Å². The summed E-state index contributed by atoms with van der Waals surface area (Å²) < 4.78 is 21.8. The Balaban J connectivity index is 0.000000508. The molecule has 1 saturated heterocycles. The van der Waals surface area contributed by atoms with Crippen LogP contribution in [0.1, 0.15) is 82.7 Å². The largest absolute Gasteiger partial charge is 0.381 e. The molecule has 0 amide bonds. The van der Waals surface area contributed by atoms with Crippen molar-refractivity contribution >= 4 is 23.1 Å². The zero-order valence-electron chi connectivity index (χ0n) is 23.6. The number of ether oxygens (including phenoxy) is 1. The van der Waals surface area contributed by atoms with E-state index in [1.165, 1.54) is 12.8 Å². The highest BCUT2D eigenvalue weighted by Gasteiger charge is 2.26. The molecule has 39 heavy (non-hydrogen) atoms. The van der Waals surface area contributed by atoms with Crippen molar-refractivity contribution in [1.29, 1.82) is 0 Å². The van der Waals surface area contributed by atoms with Crippen LogP contribution in [0, 0.1) is 6.92 Å². The van der Waals surface area contributed by atoms with Gasteiger partial charge in [0.2, 0.25) is 5.95 Å². The summed E-state index contributed by atoms with van der Waals surface area (Å²) in [6.45, 7) is 13.8. The Bertz CT molecular complexity index is 1220. The van der Waals surface area contributed by atoms with Crippen molar-refractivity contribution in [2.24, 2.45) is 0 Å². The van der Waals surface area contributed by atoms with Crippen molar-refractivity contribution in [3.05, 3.63) is 65.8 Å². The molecule has 0 aliphatic carbocycles. The maximum atomic E-state index is 14.8. The van der Waals surface area contributed by atoms with Gasteiger partial charge in [0.15, 0.2) is 0 Å². The van der Waals surface area contributed by atoms with Gasteiger partial charge >= 0.3 is 0 Å². The zero-order chi connectivity index (χ0) is 27.5. The number of anilines is 1. The minimum Gasteiger partial charge on any atom is -0.381 e. The Morgan fingerprint density at radius 3 is 2.59 bits per heavy atom. The van der Waals surface area contributed by atoms with Crippen molar-refractivity contribution in [2.75, 3.05) is 32.1 Å². The smallest absolute Gasteiger partial charge is 0.222 e. The van der Waals surface area contributed by atoms with Gasteiger partial charge in [0.25, 0.3) is 0 Å². The molecular weight excluding hydrogens is 491 g/mol. The van der Waals surface area contributed by atoms with Crippen LogP contribution in [0.15, 0.2) is 43.4 Å². The Morgan fingerprint density at radius 1 is 1.28 bits per heavy atom. The number of nitrogens with one attached hydrogen (secondary N) is 2. The standard InChI is InChI=1S/C24H30FN5.C6H13NO.CH4/c1-6-11-24(25,9-4)16-27-23-26-15-21(17(5)29-23)20(8-3)19-10-12-30-22(13-19)18(7-2)14-28-30;1-7-6-2-4-8-5-3-6;/h7-8,10,12-15H,2,6,9,11,16H2,1,3-5H3,(H,26,27,29);6-7H,2-5H2,1H3;1H4/b20-8-;;. The molecular formula is C31H47FN6O. The van der Waals surface area contributed by atoms with Crippen LogP contribution >= 0.6 is 0 Å². The molecule has 2 N–H and O–H groups in total. The molecule has 8 heteroatoms. The molecule has 0 aromatic carbocycles. The van der Waals surface area contributed by atoms with Gasteiger partial charge < -0.3 is 15.4 Å². The van der Waals surface area contributed by atoms with Gasteiger partial charge in [-0.3, -0.25) is 0 Å². The zero-order valence-corrected chi connectivity index (χ0v) is 23.6. The van der Waals surface area contributed by atoms with Gasteiger partial charge in [-0.05, 0) is 69.8 Å². The lowest BCUT2D eigenvalue weighted by atomic mass is 9.97. The molecule has 1 aliphatic heterocycles. The van der Waals surface area contributed by atoms with Crippen molar-refractivity contribution < 1.29 is 9.13 Å². The highest BCUT2D eigenvalue weighted by molar-refractivity contribution is 5.83. The Labute approximate surface area is 234 Å². The summed E-state index contributed by atoms with van der Waals surface area (Å²) in [5.41, 5.74) is 4.63. The summed E-state index contributed by atoms with van der Waals surface area (Å²) in [5, 5.41) is 10.6. The topological polar surface area (TPSA) is 76.4 Å². The molecule has 4 heterocycles. The third-order valence-electron chi connectivity index (χ3n) is 7.16. The van der Waals surface area contributed by atoms with Crippen molar-refractivity contribution in [1.82, 2.24) is 24.9 Å². The summed E-state index contributed by atoms with van der Waals surface area (Å²) in [6.07, 6.45) is 13.6. The van der Waals surface area contributed by atoms with E-state index in [-0.39, 0.29) is 14.0 Å². The van der Waals surface area contributed by atoms with Gasteiger partial charge in [-0.1, -0.05) is 46.4 Å². The summed E-state index contributed by atoms with van der Waals surface area (Å²) in [5.74, 6) is 0.457. The van der Waals surface area contributed by atoms with E-state index in [0.717, 1.165) is 53.1 Å². The van der Waals surface area contributed by atoms with Crippen LogP contribution in [0.5, 0.6) is 0 Å². The normalized spacial score (nSPS) is 15.6. The minimum atomic E-state index is -1.23. The molecule has 4 rings (SSSR count). The number of pyridine rings is 1. The summed E-state index contributed by atoms with van der Waals surface area (Å²) >= 11 is 0. The number of allylic oxidation sites excluding steroid dienone is 1. The lowest BCUT2D eigenvalue weighted by molar-refractivity contribution is 0.0799. The van der Waals surface area contributed by atoms with Crippen LogP contribution in [-0.2, 0) is 4.74 Å². The predicted octanol–water partition coefficient (Wildman–Crippen LogP) is 6.88. The Kier molecular flexibility index (Phi) is 12.7. The number of hydrogen-bond donors (Lipinski definition) is 2. The molecule has 1 aliphatic rings. The molecule has 7 nitrogen and oxygen atoms in total. The monoisotopic (exact) mass is 538 g/mol. The molecule has 214 valence electrons. The lowest BCUT2D eigenvalue weighted by Crippen LogP contribution is -2.32. The number of alkyl halides is 1. The number of fused-ring (bicyclic) bond motifs is 1. The Morgan fingerprint density at radius 2 is 2.03 bits per heavy atom. The first-order valence-electron chi connectivity index (χ1n) is 13.7. The van der Waals surface area contributed by atoms with Gasteiger partial charge in [0.05, 0.1) is 24.0 Å². The van der Waals surface area contributed by atoms with Gasteiger partial charge in [0.1, 0.15) is 5.67 Å². The average molecular weight is 539 g/mol. The van der Waals surface area contributed by atoms with Crippen LogP contribution in [0.25, 0.3) is 17.2 Å². The van der Waals surface area contributed by atoms with E-state index in [9.17, 15) is 4.39 Å². The molecule has 1 unspecified atom stereocenters. The molecule has 3 aromatic rings. The van der Waals surface area contributed by atoms with E-state index in [0.29, 0.717) is 24.8 Å². The minimum absolute atomic E-state index is 0. The molecule has 0 bridgehead atoms. The highest BCUT2D eigenvalue weighted by atomic mass is 19.1. The predicted molar refractivity (Wildman–Crippen MR) is 162 cm³/mol. The van der Waals surface area contributed by atoms with Gasteiger partial charge in [-0.25, -0.2) is 18.9 Å². The number of aromatic nitrogens is 4. The number of rotatable bonds is 10. The first kappa shape index (κ1) is 32.1. The van der Waals surface area contributed by atoms with E-state index >= 15 is 0 Å². The van der Waals surface area contributed by atoms with Crippen molar-refractivity contribution in [3.8, 4) is 0 Å². The summed E-state index contributed by atoms with van der Waals surface area (Å²) in [7, 11) is 2.01. The first-order valence-corrected chi connectivity index (χ1v) is 13.7. The second-order valence-corrected chi connectivity index (χ2v) is 9.73. The second kappa shape index (κ2) is 15.5. The van der Waals surface area contributed by atoms with Crippen molar-refractivity contribution in [3.63, 3.8) is 0 Å². The van der Waals surface area contributed by atoms with Crippen LogP contribution in [0.3, 0.4) is 0 Å². The quantitative estimate of drug-likeness (QED) is 0.293. The SMILES string of the molecule is C.C=Cc1cnn2ccc(/C(=C/C)c3cnc(NCC(F)(CC)CCC)nc3C)cc12.CNC1CCOCC1.